The minimum absolute atomic E-state index is 0.0717. The number of rotatable bonds is 4. The van der Waals surface area contributed by atoms with Crippen LogP contribution in [0.4, 0.5) is 0 Å². The van der Waals surface area contributed by atoms with E-state index in [0.717, 1.165) is 22.6 Å². The predicted molar refractivity (Wildman–Crippen MR) is 85.0 cm³/mol. The topological polar surface area (TPSA) is 42.2 Å². The molecule has 1 heterocycles. The smallest absolute Gasteiger partial charge is 0.244 e. The fourth-order valence-electron chi connectivity index (χ4n) is 2.27. The van der Waals surface area contributed by atoms with Gasteiger partial charge in [0.2, 0.25) is 5.91 Å². The molecule has 110 valence electrons. The van der Waals surface area contributed by atoms with Gasteiger partial charge in [-0.15, -0.1) is 0 Å². The highest BCUT2D eigenvalue weighted by atomic mass is 16.3. The van der Waals surface area contributed by atoms with Crippen LogP contribution >= 0.6 is 0 Å². The minimum atomic E-state index is -0.110. The van der Waals surface area contributed by atoms with Crippen LogP contribution in [0.2, 0.25) is 0 Å². The fraction of sp³-hybridized carbons (Fsp3) is 0.278. The van der Waals surface area contributed by atoms with Crippen molar-refractivity contribution in [2.75, 3.05) is 0 Å². The Morgan fingerprint density at radius 2 is 1.86 bits per heavy atom. The van der Waals surface area contributed by atoms with E-state index >= 15 is 0 Å². The number of furan rings is 1. The highest BCUT2D eigenvalue weighted by Crippen LogP contribution is 2.21. The van der Waals surface area contributed by atoms with E-state index in [0.29, 0.717) is 0 Å². The highest BCUT2D eigenvalue weighted by molar-refractivity contribution is 5.91. The predicted octanol–water partition coefficient (Wildman–Crippen LogP) is 4.10. The van der Waals surface area contributed by atoms with Crippen molar-refractivity contribution in [3.05, 3.63) is 64.6 Å². The maximum Gasteiger partial charge on any atom is 0.244 e. The number of carbonyl (C=O) groups is 1. The average molecular weight is 283 g/mol. The van der Waals surface area contributed by atoms with Crippen LogP contribution < -0.4 is 5.32 Å². The second-order valence-corrected chi connectivity index (χ2v) is 5.34. The summed E-state index contributed by atoms with van der Waals surface area (Å²) in [7, 11) is 0. The van der Waals surface area contributed by atoms with Gasteiger partial charge in [0.25, 0.3) is 0 Å². The van der Waals surface area contributed by atoms with Crippen molar-refractivity contribution in [2.24, 2.45) is 0 Å². The molecule has 0 aliphatic heterocycles. The van der Waals surface area contributed by atoms with Crippen LogP contribution in [0.25, 0.3) is 6.08 Å². The van der Waals surface area contributed by atoms with Crippen LogP contribution in [0, 0.1) is 20.8 Å². The molecule has 1 atom stereocenters. The zero-order chi connectivity index (χ0) is 15.4. The van der Waals surface area contributed by atoms with Crippen LogP contribution in [-0.4, -0.2) is 5.91 Å². The number of nitrogens with one attached hydrogen (secondary N) is 1. The molecule has 3 nitrogen and oxygen atoms in total. The summed E-state index contributed by atoms with van der Waals surface area (Å²) < 4.78 is 5.49. The van der Waals surface area contributed by atoms with Gasteiger partial charge in [-0.1, -0.05) is 29.8 Å². The lowest BCUT2D eigenvalue weighted by atomic mass is 10.1. The summed E-state index contributed by atoms with van der Waals surface area (Å²) in [6.45, 7) is 7.81. The molecule has 0 radical (unpaired) electrons. The van der Waals surface area contributed by atoms with Crippen molar-refractivity contribution >= 4 is 12.0 Å². The third-order valence-electron chi connectivity index (χ3n) is 3.41. The van der Waals surface area contributed by atoms with E-state index < -0.39 is 0 Å². The number of hydrogen-bond donors (Lipinski definition) is 1. The highest BCUT2D eigenvalue weighted by Gasteiger charge is 2.13. The maximum atomic E-state index is 12.0. The number of benzene rings is 1. The van der Waals surface area contributed by atoms with Crippen molar-refractivity contribution in [3.8, 4) is 0 Å². The molecule has 0 spiro atoms. The third-order valence-corrected chi connectivity index (χ3v) is 3.41. The SMILES string of the molecule is Cc1ccc(/C=C/C(=O)NC(C)c2cc(C)oc2C)cc1. The Morgan fingerprint density at radius 3 is 2.43 bits per heavy atom. The van der Waals surface area contributed by atoms with E-state index in [1.165, 1.54) is 5.56 Å². The molecule has 1 amide bonds. The molecule has 0 aliphatic rings. The number of amides is 1. The second-order valence-electron chi connectivity index (χ2n) is 5.34. The summed E-state index contributed by atoms with van der Waals surface area (Å²) in [5.41, 5.74) is 3.24. The van der Waals surface area contributed by atoms with E-state index in [1.54, 1.807) is 6.08 Å². The van der Waals surface area contributed by atoms with E-state index in [2.05, 4.69) is 5.32 Å². The van der Waals surface area contributed by atoms with Crippen LogP contribution in [0.3, 0.4) is 0 Å². The Hall–Kier alpha value is -2.29. The lowest BCUT2D eigenvalue weighted by molar-refractivity contribution is -0.117. The van der Waals surface area contributed by atoms with Crippen LogP contribution in [0.1, 0.15) is 41.2 Å². The summed E-state index contributed by atoms with van der Waals surface area (Å²) in [4.78, 5) is 12.0. The molecule has 0 fully saturated rings. The molecule has 0 bridgehead atoms. The summed E-state index contributed by atoms with van der Waals surface area (Å²) in [5.74, 6) is 1.60. The standard InChI is InChI=1S/C18H21NO2/c1-12-5-7-16(8-6-12)9-10-18(20)19-14(3)17-11-13(2)21-15(17)4/h5-11,14H,1-4H3,(H,19,20)/b10-9+. The largest absolute Gasteiger partial charge is 0.466 e. The molecule has 1 N–H and O–H groups in total. The summed E-state index contributed by atoms with van der Waals surface area (Å²) >= 11 is 0. The molecule has 0 aliphatic carbocycles. The molecular formula is C18H21NO2. The van der Waals surface area contributed by atoms with E-state index in [1.807, 2.05) is 64.1 Å². The molecule has 3 heteroatoms. The molecule has 0 saturated carbocycles. The van der Waals surface area contributed by atoms with Crippen LogP contribution in [0.5, 0.6) is 0 Å². The van der Waals surface area contributed by atoms with Crippen molar-refractivity contribution in [1.29, 1.82) is 0 Å². The molecule has 0 saturated heterocycles. The molecule has 1 aromatic heterocycles. The van der Waals surface area contributed by atoms with Crippen molar-refractivity contribution in [3.63, 3.8) is 0 Å². The van der Waals surface area contributed by atoms with E-state index in [4.69, 9.17) is 4.42 Å². The zero-order valence-electron chi connectivity index (χ0n) is 12.9. The first-order valence-electron chi connectivity index (χ1n) is 7.08. The third kappa shape index (κ3) is 4.09. The van der Waals surface area contributed by atoms with Crippen LogP contribution in [0.15, 0.2) is 40.8 Å². The van der Waals surface area contributed by atoms with Gasteiger partial charge in [-0.2, -0.15) is 0 Å². The Bertz CT molecular complexity index is 650. The molecular weight excluding hydrogens is 262 g/mol. The van der Waals surface area contributed by atoms with Crippen molar-refractivity contribution < 1.29 is 9.21 Å². The molecule has 21 heavy (non-hydrogen) atoms. The lowest BCUT2D eigenvalue weighted by Gasteiger charge is -2.11. The van der Waals surface area contributed by atoms with Gasteiger partial charge in [0, 0.05) is 11.6 Å². The minimum Gasteiger partial charge on any atom is -0.466 e. The Kier molecular flexibility index (Phi) is 4.63. The van der Waals surface area contributed by atoms with E-state index in [-0.39, 0.29) is 11.9 Å². The average Bonchev–Trinajstić information content (AvgIpc) is 2.77. The van der Waals surface area contributed by atoms with Gasteiger partial charge < -0.3 is 9.73 Å². The molecule has 1 unspecified atom stereocenters. The first-order valence-corrected chi connectivity index (χ1v) is 7.08. The van der Waals surface area contributed by atoms with Gasteiger partial charge in [-0.25, -0.2) is 0 Å². The first kappa shape index (κ1) is 15.1. The Balaban J connectivity index is 1.98. The van der Waals surface area contributed by atoms with Gasteiger partial charge in [0.1, 0.15) is 11.5 Å². The van der Waals surface area contributed by atoms with Crippen molar-refractivity contribution in [1.82, 2.24) is 5.32 Å². The first-order chi connectivity index (χ1) is 9.95. The summed E-state index contributed by atoms with van der Waals surface area (Å²) in [6, 6.07) is 9.93. The Labute approximate surface area is 125 Å². The lowest BCUT2D eigenvalue weighted by Crippen LogP contribution is -2.24. The van der Waals surface area contributed by atoms with Gasteiger partial charge in [0.05, 0.1) is 6.04 Å². The summed E-state index contributed by atoms with van der Waals surface area (Å²) in [6.07, 6.45) is 3.37. The maximum absolute atomic E-state index is 12.0. The molecule has 1 aromatic carbocycles. The van der Waals surface area contributed by atoms with Gasteiger partial charge >= 0.3 is 0 Å². The van der Waals surface area contributed by atoms with Gasteiger partial charge in [0.15, 0.2) is 0 Å². The second kappa shape index (κ2) is 6.44. The van der Waals surface area contributed by atoms with Crippen LogP contribution in [-0.2, 0) is 4.79 Å². The molecule has 2 rings (SSSR count). The number of aryl methyl sites for hydroxylation is 3. The van der Waals surface area contributed by atoms with E-state index in [9.17, 15) is 4.79 Å². The number of carbonyl (C=O) groups excluding carboxylic acids is 1. The number of hydrogen-bond acceptors (Lipinski definition) is 2. The molecule has 2 aromatic rings. The summed E-state index contributed by atoms with van der Waals surface area (Å²) in [5, 5.41) is 2.95. The zero-order valence-corrected chi connectivity index (χ0v) is 12.9. The van der Waals surface area contributed by atoms with Gasteiger partial charge in [-0.05, 0) is 45.4 Å². The monoisotopic (exact) mass is 283 g/mol. The van der Waals surface area contributed by atoms with Crippen molar-refractivity contribution in [2.45, 2.75) is 33.7 Å². The normalized spacial score (nSPS) is 12.6. The quantitative estimate of drug-likeness (QED) is 0.858. The van der Waals surface area contributed by atoms with Gasteiger partial charge in [-0.3, -0.25) is 4.79 Å². The fourth-order valence-corrected chi connectivity index (χ4v) is 2.27. The Morgan fingerprint density at radius 1 is 1.19 bits per heavy atom.